The van der Waals surface area contributed by atoms with Crippen molar-refractivity contribution in [3.8, 4) is 11.5 Å². The number of imide groups is 1. The predicted molar refractivity (Wildman–Crippen MR) is 102 cm³/mol. The zero-order valence-electron chi connectivity index (χ0n) is 14.8. The topological polar surface area (TPSA) is 89.8 Å². The molecule has 0 aliphatic carbocycles. The number of benzene rings is 3. The number of rotatable bonds is 4. The van der Waals surface area contributed by atoms with E-state index in [-0.39, 0.29) is 16.8 Å². The van der Waals surface area contributed by atoms with Gasteiger partial charge < -0.3 is 4.74 Å². The second-order valence-corrected chi connectivity index (χ2v) is 6.31. The molecule has 0 saturated heterocycles. The van der Waals surface area contributed by atoms with Gasteiger partial charge in [-0.05, 0) is 55.0 Å². The van der Waals surface area contributed by atoms with Gasteiger partial charge in [-0.15, -0.1) is 0 Å². The maximum Gasteiger partial charge on any atom is 0.283 e. The molecule has 0 unspecified atom stereocenters. The number of nitro benzene ring substituents is 1. The third-order valence-corrected chi connectivity index (χ3v) is 4.41. The summed E-state index contributed by atoms with van der Waals surface area (Å²) in [5.41, 5.74) is 0.841. The first-order chi connectivity index (χ1) is 13.5. The van der Waals surface area contributed by atoms with E-state index in [4.69, 9.17) is 4.74 Å². The summed E-state index contributed by atoms with van der Waals surface area (Å²) in [6, 6.07) is 18.0. The molecule has 1 aliphatic rings. The molecule has 2 amide bonds. The predicted octanol–water partition coefficient (Wildman–Crippen LogP) is 4.50. The average molecular weight is 374 g/mol. The minimum Gasteiger partial charge on any atom is -0.457 e. The molecule has 1 heterocycles. The molecule has 7 heteroatoms. The van der Waals surface area contributed by atoms with Crippen LogP contribution in [-0.4, -0.2) is 16.7 Å². The van der Waals surface area contributed by atoms with Crippen LogP contribution in [0.3, 0.4) is 0 Å². The number of carbonyl (C=O) groups excluding carboxylic acids is 2. The first kappa shape index (κ1) is 17.4. The number of amides is 2. The lowest BCUT2D eigenvalue weighted by Crippen LogP contribution is -2.29. The highest BCUT2D eigenvalue weighted by molar-refractivity contribution is 6.35. The number of ether oxygens (including phenoxy) is 1. The minimum atomic E-state index is -0.709. The van der Waals surface area contributed by atoms with Crippen molar-refractivity contribution < 1.29 is 19.2 Å². The molecule has 1 aliphatic heterocycles. The molecule has 4 rings (SSSR count). The van der Waals surface area contributed by atoms with E-state index in [1.165, 1.54) is 18.2 Å². The van der Waals surface area contributed by atoms with Crippen molar-refractivity contribution in [3.05, 3.63) is 93.5 Å². The second-order valence-electron chi connectivity index (χ2n) is 6.31. The fourth-order valence-corrected chi connectivity index (χ4v) is 3.13. The molecule has 138 valence electrons. The number of aryl methyl sites for hydroxylation is 1. The number of nitrogens with zero attached hydrogens (tertiary/aromatic N) is 2. The highest BCUT2D eigenvalue weighted by Crippen LogP contribution is 2.34. The van der Waals surface area contributed by atoms with Gasteiger partial charge in [0.2, 0.25) is 0 Å². The van der Waals surface area contributed by atoms with Gasteiger partial charge in [0.05, 0.1) is 16.2 Å². The van der Waals surface area contributed by atoms with Crippen molar-refractivity contribution >= 4 is 23.2 Å². The summed E-state index contributed by atoms with van der Waals surface area (Å²) >= 11 is 0. The Morgan fingerprint density at radius 3 is 2.29 bits per heavy atom. The van der Waals surface area contributed by atoms with E-state index >= 15 is 0 Å². The van der Waals surface area contributed by atoms with Crippen LogP contribution in [0.4, 0.5) is 11.4 Å². The van der Waals surface area contributed by atoms with E-state index in [0.717, 1.165) is 10.5 Å². The van der Waals surface area contributed by atoms with Crippen molar-refractivity contribution in [2.45, 2.75) is 6.92 Å². The van der Waals surface area contributed by atoms with Crippen molar-refractivity contribution in [3.63, 3.8) is 0 Å². The Morgan fingerprint density at radius 2 is 1.61 bits per heavy atom. The molecule has 0 radical (unpaired) electrons. The van der Waals surface area contributed by atoms with Crippen molar-refractivity contribution in [1.29, 1.82) is 0 Å². The molecular weight excluding hydrogens is 360 g/mol. The third kappa shape index (κ3) is 2.88. The highest BCUT2D eigenvalue weighted by Gasteiger charge is 2.41. The van der Waals surface area contributed by atoms with Crippen LogP contribution in [0.5, 0.6) is 11.5 Å². The third-order valence-electron chi connectivity index (χ3n) is 4.41. The van der Waals surface area contributed by atoms with Crippen LogP contribution in [0.2, 0.25) is 0 Å². The Bertz CT molecular complexity index is 1120. The van der Waals surface area contributed by atoms with Gasteiger partial charge in [-0.1, -0.05) is 18.2 Å². The number of anilines is 1. The number of hydrogen-bond donors (Lipinski definition) is 0. The van der Waals surface area contributed by atoms with Gasteiger partial charge in [-0.25, -0.2) is 4.90 Å². The van der Waals surface area contributed by atoms with E-state index in [2.05, 4.69) is 0 Å². The first-order valence-corrected chi connectivity index (χ1v) is 8.46. The Labute approximate surface area is 159 Å². The molecule has 0 spiro atoms. The fourth-order valence-electron chi connectivity index (χ4n) is 3.13. The maximum atomic E-state index is 12.7. The summed E-state index contributed by atoms with van der Waals surface area (Å²) in [6.07, 6.45) is 0. The number of nitro groups is 1. The largest absolute Gasteiger partial charge is 0.457 e. The van der Waals surface area contributed by atoms with Crippen molar-refractivity contribution in [2.24, 2.45) is 0 Å². The van der Waals surface area contributed by atoms with Crippen LogP contribution in [0.1, 0.15) is 26.3 Å². The Hall–Kier alpha value is -4.00. The molecule has 0 aromatic heterocycles. The SMILES string of the molecule is Cc1cccc(Oc2ccc(N3C(=O)c4cccc([N+](=O)[O-])c4C3=O)cc2)c1. The number of fused-ring (bicyclic) bond motifs is 1. The molecule has 0 bridgehead atoms. The van der Waals surface area contributed by atoms with Gasteiger partial charge >= 0.3 is 0 Å². The Kier molecular flexibility index (Phi) is 4.12. The van der Waals surface area contributed by atoms with Gasteiger partial charge in [0.25, 0.3) is 17.5 Å². The second kappa shape index (κ2) is 6.62. The summed E-state index contributed by atoms with van der Waals surface area (Å²) in [6.45, 7) is 1.96. The van der Waals surface area contributed by atoms with Crippen molar-refractivity contribution in [2.75, 3.05) is 4.90 Å². The summed E-state index contributed by atoms with van der Waals surface area (Å²) in [4.78, 5) is 36.8. The minimum absolute atomic E-state index is 0.0271. The molecular formula is C21H14N2O5. The van der Waals surface area contributed by atoms with E-state index in [0.29, 0.717) is 17.2 Å². The summed E-state index contributed by atoms with van der Waals surface area (Å²) < 4.78 is 5.77. The van der Waals surface area contributed by atoms with E-state index in [9.17, 15) is 19.7 Å². The quantitative estimate of drug-likeness (QED) is 0.381. The lowest BCUT2D eigenvalue weighted by molar-refractivity contribution is -0.385. The van der Waals surface area contributed by atoms with E-state index < -0.39 is 16.7 Å². The monoisotopic (exact) mass is 374 g/mol. The molecule has 0 fully saturated rings. The molecule has 0 atom stereocenters. The van der Waals surface area contributed by atoms with Crippen LogP contribution < -0.4 is 9.64 Å². The van der Waals surface area contributed by atoms with Crippen LogP contribution in [0.25, 0.3) is 0 Å². The zero-order chi connectivity index (χ0) is 19.8. The zero-order valence-corrected chi connectivity index (χ0v) is 14.8. The van der Waals surface area contributed by atoms with E-state index in [1.807, 2.05) is 31.2 Å². The number of hydrogen-bond acceptors (Lipinski definition) is 5. The smallest absolute Gasteiger partial charge is 0.283 e. The summed E-state index contributed by atoms with van der Waals surface area (Å²) in [7, 11) is 0. The molecule has 3 aromatic carbocycles. The molecule has 7 nitrogen and oxygen atoms in total. The van der Waals surface area contributed by atoms with E-state index in [1.54, 1.807) is 24.3 Å². The molecule has 28 heavy (non-hydrogen) atoms. The fraction of sp³-hybridized carbons (Fsp3) is 0.0476. The summed E-state index contributed by atoms with van der Waals surface area (Å²) in [5, 5.41) is 11.2. The van der Waals surface area contributed by atoms with Crippen LogP contribution in [0.15, 0.2) is 66.7 Å². The standard InChI is InChI=1S/C21H14N2O5/c1-13-4-2-5-16(12-13)28-15-10-8-14(9-11-15)22-20(24)17-6-3-7-18(23(26)27)19(17)21(22)25/h2-12H,1H3. The summed E-state index contributed by atoms with van der Waals surface area (Å²) in [5.74, 6) is -0.0863. The maximum absolute atomic E-state index is 12.7. The normalized spacial score (nSPS) is 12.8. The lowest BCUT2D eigenvalue weighted by Gasteiger charge is -2.14. The van der Waals surface area contributed by atoms with Gasteiger partial charge in [0.1, 0.15) is 17.1 Å². The van der Waals surface area contributed by atoms with Crippen LogP contribution >= 0.6 is 0 Å². The van der Waals surface area contributed by atoms with Crippen LogP contribution in [0, 0.1) is 17.0 Å². The lowest BCUT2D eigenvalue weighted by atomic mass is 10.1. The Morgan fingerprint density at radius 1 is 0.893 bits per heavy atom. The molecule has 3 aromatic rings. The average Bonchev–Trinajstić information content (AvgIpc) is 2.93. The molecule has 0 saturated carbocycles. The first-order valence-electron chi connectivity index (χ1n) is 8.46. The van der Waals surface area contributed by atoms with Crippen LogP contribution in [-0.2, 0) is 0 Å². The van der Waals surface area contributed by atoms with Gasteiger partial charge in [0, 0.05) is 6.07 Å². The van der Waals surface area contributed by atoms with Gasteiger partial charge in [-0.3, -0.25) is 19.7 Å². The highest BCUT2D eigenvalue weighted by atomic mass is 16.6. The van der Waals surface area contributed by atoms with Gasteiger partial charge in [0.15, 0.2) is 0 Å². The van der Waals surface area contributed by atoms with Crippen molar-refractivity contribution in [1.82, 2.24) is 0 Å². The molecule has 0 N–H and O–H groups in total. The number of carbonyl (C=O) groups is 2. The van der Waals surface area contributed by atoms with Gasteiger partial charge in [-0.2, -0.15) is 0 Å². The Balaban J connectivity index is 1.63.